The predicted octanol–water partition coefficient (Wildman–Crippen LogP) is 2.66. The predicted molar refractivity (Wildman–Crippen MR) is 59.9 cm³/mol. The fourth-order valence-corrected chi connectivity index (χ4v) is 1.51. The largest absolute Gasteiger partial charge is 0.316 e. The summed E-state index contributed by atoms with van der Waals surface area (Å²) in [7, 11) is 2.11. The average Bonchev–Trinajstić information content (AvgIpc) is 2.46. The molecule has 13 heavy (non-hydrogen) atoms. The lowest BCUT2D eigenvalue weighted by atomic mass is 10.2. The Labute approximate surface area is 88.0 Å². The molecule has 0 aromatic heterocycles. The third-order valence-electron chi connectivity index (χ3n) is 2.35. The van der Waals surface area contributed by atoms with Crippen LogP contribution in [0.5, 0.6) is 0 Å². The molecule has 1 heterocycles. The second-order valence-corrected chi connectivity index (χ2v) is 3.43. The van der Waals surface area contributed by atoms with Gasteiger partial charge >= 0.3 is 0 Å². The summed E-state index contributed by atoms with van der Waals surface area (Å²) in [6, 6.07) is 0. The van der Waals surface area contributed by atoms with Crippen molar-refractivity contribution in [1.29, 1.82) is 0 Å². The Hall–Kier alpha value is -0.210. The molecule has 1 rings (SSSR count). The molecule has 0 fully saturated rings. The minimum absolute atomic E-state index is 0. The molecule has 0 aromatic rings. The van der Waals surface area contributed by atoms with Crippen molar-refractivity contribution >= 4 is 12.4 Å². The topological polar surface area (TPSA) is 6.48 Å². The quantitative estimate of drug-likeness (QED) is 0.636. The Balaban J connectivity index is 0.00000144. The van der Waals surface area contributed by atoms with Crippen LogP contribution >= 0.6 is 12.4 Å². The Morgan fingerprint density at radius 1 is 1.23 bits per heavy atom. The molecule has 0 unspecified atom stereocenters. The van der Waals surface area contributed by atoms with Crippen LogP contribution in [-0.4, -0.2) is 30.2 Å². The number of hydrogen-bond donors (Lipinski definition) is 0. The van der Waals surface area contributed by atoms with Gasteiger partial charge in [-0.15, -0.1) is 12.4 Å². The average molecular weight is 205 g/mol. The second kappa shape index (κ2) is 7.22. The third-order valence-corrected chi connectivity index (χ3v) is 2.35. The van der Waals surface area contributed by atoms with Crippen molar-refractivity contribution in [2.45, 2.75) is 32.6 Å². The van der Waals surface area contributed by atoms with Gasteiger partial charge in [0.05, 0.1) is 0 Å². The first-order valence-corrected chi connectivity index (χ1v) is 4.99. The van der Waals surface area contributed by atoms with E-state index in [1.165, 1.54) is 32.2 Å². The van der Waals surface area contributed by atoms with Crippen molar-refractivity contribution in [3.05, 3.63) is 12.3 Å². The van der Waals surface area contributed by atoms with Crippen molar-refractivity contribution in [3.8, 4) is 0 Å². The monoisotopic (exact) mass is 204 g/mol. The number of hydrazine groups is 1. The first kappa shape index (κ1) is 12.8. The minimum atomic E-state index is 0. The van der Waals surface area contributed by atoms with Gasteiger partial charge in [0.15, 0.2) is 0 Å². The summed E-state index contributed by atoms with van der Waals surface area (Å²) >= 11 is 0. The van der Waals surface area contributed by atoms with Crippen molar-refractivity contribution in [1.82, 2.24) is 10.0 Å². The van der Waals surface area contributed by atoms with Crippen LogP contribution < -0.4 is 0 Å². The third kappa shape index (κ3) is 4.53. The molecule has 0 saturated heterocycles. The van der Waals surface area contributed by atoms with Gasteiger partial charge in [0, 0.05) is 26.3 Å². The van der Waals surface area contributed by atoms with E-state index in [0.29, 0.717) is 0 Å². The minimum Gasteiger partial charge on any atom is -0.316 e. The van der Waals surface area contributed by atoms with Crippen LogP contribution in [0.1, 0.15) is 32.6 Å². The molecule has 0 N–H and O–H groups in total. The highest BCUT2D eigenvalue weighted by Crippen LogP contribution is 2.07. The highest BCUT2D eigenvalue weighted by molar-refractivity contribution is 5.85. The molecule has 0 bridgehead atoms. The van der Waals surface area contributed by atoms with E-state index in [-0.39, 0.29) is 12.4 Å². The highest BCUT2D eigenvalue weighted by atomic mass is 35.5. The van der Waals surface area contributed by atoms with E-state index in [2.05, 4.69) is 36.3 Å². The molecule has 0 aromatic carbocycles. The van der Waals surface area contributed by atoms with E-state index < -0.39 is 0 Å². The zero-order chi connectivity index (χ0) is 8.81. The number of unbranched alkanes of at least 4 members (excludes halogenated alkanes) is 3. The maximum absolute atomic E-state index is 2.37. The van der Waals surface area contributed by atoms with E-state index in [1.54, 1.807) is 0 Å². The zero-order valence-corrected chi connectivity index (χ0v) is 9.52. The molecule has 0 saturated carbocycles. The Morgan fingerprint density at radius 2 is 2.00 bits per heavy atom. The van der Waals surface area contributed by atoms with Crippen LogP contribution in [0, 0.1) is 0 Å². The van der Waals surface area contributed by atoms with Crippen LogP contribution in [0.2, 0.25) is 0 Å². The van der Waals surface area contributed by atoms with Crippen LogP contribution in [0.4, 0.5) is 0 Å². The van der Waals surface area contributed by atoms with Crippen LogP contribution in [-0.2, 0) is 0 Å². The second-order valence-electron chi connectivity index (χ2n) is 3.43. The molecule has 2 nitrogen and oxygen atoms in total. The lowest BCUT2D eigenvalue weighted by Gasteiger charge is -2.24. The first-order chi connectivity index (χ1) is 5.84. The molecular weight excluding hydrogens is 184 g/mol. The van der Waals surface area contributed by atoms with Crippen molar-refractivity contribution in [3.63, 3.8) is 0 Å². The number of halogens is 1. The normalized spacial score (nSPS) is 16.3. The smallest absolute Gasteiger partial charge is 0.0378 e. The van der Waals surface area contributed by atoms with E-state index in [4.69, 9.17) is 0 Å². The molecule has 0 spiro atoms. The molecular formula is C10H21ClN2. The van der Waals surface area contributed by atoms with Crippen LogP contribution in [0.3, 0.4) is 0 Å². The maximum atomic E-state index is 2.37. The van der Waals surface area contributed by atoms with E-state index >= 15 is 0 Å². The van der Waals surface area contributed by atoms with Crippen molar-refractivity contribution in [2.75, 3.05) is 20.1 Å². The molecule has 0 radical (unpaired) electrons. The lowest BCUT2D eigenvalue weighted by molar-refractivity contribution is 0.0779. The van der Waals surface area contributed by atoms with Gasteiger partial charge in [-0.2, -0.15) is 0 Å². The lowest BCUT2D eigenvalue weighted by Crippen LogP contribution is -2.32. The van der Waals surface area contributed by atoms with Gasteiger partial charge in [0.1, 0.15) is 0 Å². The van der Waals surface area contributed by atoms with Gasteiger partial charge in [-0.1, -0.05) is 32.3 Å². The Morgan fingerprint density at radius 3 is 2.54 bits per heavy atom. The van der Waals surface area contributed by atoms with Crippen molar-refractivity contribution in [2.24, 2.45) is 0 Å². The molecule has 0 amide bonds. The highest BCUT2D eigenvalue weighted by Gasteiger charge is 2.09. The number of hydrogen-bond acceptors (Lipinski definition) is 2. The Bertz CT molecular complexity index is 148. The summed E-state index contributed by atoms with van der Waals surface area (Å²) in [5.74, 6) is 0. The Kier molecular flexibility index (Phi) is 7.10. The zero-order valence-electron chi connectivity index (χ0n) is 8.70. The van der Waals surface area contributed by atoms with Gasteiger partial charge in [0.2, 0.25) is 0 Å². The number of rotatable bonds is 5. The fourth-order valence-electron chi connectivity index (χ4n) is 1.51. The standard InChI is InChI=1S/C10H20N2.ClH/c1-3-4-5-6-9-12-10-7-8-11(12)2;/h7-8H,3-6,9-10H2,1-2H3;1H. The molecule has 1 aliphatic heterocycles. The molecule has 0 atom stereocenters. The SMILES string of the molecule is CCCCCCN1CC=CN1C.Cl. The molecule has 0 aliphatic carbocycles. The van der Waals surface area contributed by atoms with E-state index in [0.717, 1.165) is 6.54 Å². The van der Waals surface area contributed by atoms with Crippen LogP contribution in [0.25, 0.3) is 0 Å². The van der Waals surface area contributed by atoms with Gasteiger partial charge in [-0.25, -0.2) is 5.01 Å². The summed E-state index contributed by atoms with van der Waals surface area (Å²) in [5.41, 5.74) is 0. The summed E-state index contributed by atoms with van der Waals surface area (Å²) in [4.78, 5) is 0. The summed E-state index contributed by atoms with van der Waals surface area (Å²) in [6.07, 6.45) is 9.76. The fraction of sp³-hybridized carbons (Fsp3) is 0.800. The first-order valence-electron chi connectivity index (χ1n) is 4.99. The van der Waals surface area contributed by atoms with Crippen molar-refractivity contribution < 1.29 is 0 Å². The summed E-state index contributed by atoms with van der Waals surface area (Å²) in [5, 5.41) is 4.56. The van der Waals surface area contributed by atoms with E-state index in [9.17, 15) is 0 Å². The summed E-state index contributed by atoms with van der Waals surface area (Å²) < 4.78 is 0. The van der Waals surface area contributed by atoms with E-state index in [1.807, 2.05) is 0 Å². The molecule has 78 valence electrons. The maximum Gasteiger partial charge on any atom is 0.0378 e. The molecule has 3 heteroatoms. The summed E-state index contributed by atoms with van der Waals surface area (Å²) in [6.45, 7) is 4.57. The van der Waals surface area contributed by atoms with Gasteiger partial charge in [0.25, 0.3) is 0 Å². The van der Waals surface area contributed by atoms with Gasteiger partial charge < -0.3 is 5.01 Å². The van der Waals surface area contributed by atoms with Gasteiger partial charge in [-0.3, -0.25) is 0 Å². The van der Waals surface area contributed by atoms with Crippen LogP contribution in [0.15, 0.2) is 12.3 Å². The van der Waals surface area contributed by atoms with Gasteiger partial charge in [-0.05, 0) is 6.42 Å². The molecule has 1 aliphatic rings. The number of nitrogens with zero attached hydrogens (tertiary/aromatic N) is 2.